The first-order valence-electron chi connectivity index (χ1n) is 7.11. The molecule has 0 aliphatic rings. The number of aryl methyl sites for hydroxylation is 1. The Hall–Kier alpha value is -2.36. The largest absolute Gasteiger partial charge is 0.353 e. The van der Waals surface area contributed by atoms with Crippen LogP contribution in [0.15, 0.2) is 41.3 Å². The van der Waals surface area contributed by atoms with Crippen LogP contribution in [0.1, 0.15) is 28.4 Å². The normalized spacial score (nSPS) is 10.9. The lowest BCUT2D eigenvalue weighted by Gasteiger charge is -2.15. The molecule has 0 amide bonds. The number of carbonyl (C=O) groups excluding carboxylic acids is 1. The maximum absolute atomic E-state index is 12.1. The lowest BCUT2D eigenvalue weighted by Crippen LogP contribution is -2.08. The van der Waals surface area contributed by atoms with Crippen molar-refractivity contribution in [3.8, 4) is 6.07 Å². The third-order valence-corrected chi connectivity index (χ3v) is 4.85. The number of rotatable bonds is 5. The average Bonchev–Trinajstić information content (AvgIpc) is 2.53. The molecule has 2 aromatic carbocycles. The Morgan fingerprint density at radius 3 is 2.46 bits per heavy atom. The van der Waals surface area contributed by atoms with Crippen molar-refractivity contribution in [3.05, 3.63) is 53.1 Å². The predicted octanol–water partition coefficient (Wildman–Crippen LogP) is 3.65. The molecule has 0 saturated heterocycles. The molecule has 0 spiro atoms. The number of nitrogens with zero attached hydrogens (tertiary/aromatic N) is 1. The van der Waals surface area contributed by atoms with E-state index in [1.807, 2.05) is 13.0 Å². The Balaban J connectivity index is 2.68. The van der Waals surface area contributed by atoms with Crippen LogP contribution in [-0.2, 0) is 16.3 Å². The van der Waals surface area contributed by atoms with Crippen LogP contribution in [0.5, 0.6) is 0 Å². The molecule has 0 heterocycles. The molecule has 2 aromatic rings. The number of hydrogen-bond donors (Lipinski definition) is 1. The molecular formula is C17H15ClN2O3S. The number of anilines is 2. The van der Waals surface area contributed by atoms with Crippen LogP contribution in [-0.4, -0.2) is 19.9 Å². The zero-order valence-electron chi connectivity index (χ0n) is 13.1. The summed E-state index contributed by atoms with van der Waals surface area (Å²) in [6.45, 7) is 1.84. The minimum atomic E-state index is -3.61. The Bertz CT molecular complexity index is 947. The van der Waals surface area contributed by atoms with Crippen molar-refractivity contribution in [2.45, 2.75) is 18.2 Å². The first-order chi connectivity index (χ1) is 11.3. The first kappa shape index (κ1) is 18.0. The van der Waals surface area contributed by atoms with Gasteiger partial charge in [0.1, 0.15) is 6.07 Å². The fraction of sp³-hybridized carbons (Fsp3) is 0.176. The van der Waals surface area contributed by atoms with Crippen LogP contribution >= 0.6 is 11.6 Å². The summed E-state index contributed by atoms with van der Waals surface area (Å²) in [5, 5.41) is 11.4. The van der Waals surface area contributed by atoms with Crippen molar-refractivity contribution in [1.82, 2.24) is 0 Å². The Labute approximate surface area is 145 Å². The van der Waals surface area contributed by atoms with Gasteiger partial charge < -0.3 is 5.32 Å². The SMILES string of the molecule is CCc1cc(Nc2ccccc2C#N)c(S(C)(=O)=O)cc1C(=O)Cl. The van der Waals surface area contributed by atoms with E-state index in [0.29, 0.717) is 28.9 Å². The molecule has 0 atom stereocenters. The number of nitrogens with one attached hydrogen (secondary N) is 1. The summed E-state index contributed by atoms with van der Waals surface area (Å²) in [6, 6.07) is 11.7. The summed E-state index contributed by atoms with van der Waals surface area (Å²) >= 11 is 5.57. The minimum absolute atomic E-state index is 0.0450. The Morgan fingerprint density at radius 1 is 1.25 bits per heavy atom. The molecule has 5 nitrogen and oxygen atoms in total. The molecule has 0 saturated carbocycles. The second-order valence-corrected chi connectivity index (χ2v) is 7.51. The fourth-order valence-corrected chi connectivity index (χ4v) is 3.36. The van der Waals surface area contributed by atoms with Gasteiger partial charge in [-0.3, -0.25) is 4.79 Å². The summed E-state index contributed by atoms with van der Waals surface area (Å²) in [5.41, 5.74) is 1.96. The van der Waals surface area contributed by atoms with Gasteiger partial charge in [-0.1, -0.05) is 19.1 Å². The number of carbonyl (C=O) groups is 1. The summed E-state index contributed by atoms with van der Waals surface area (Å²) in [4.78, 5) is 11.5. The van der Waals surface area contributed by atoms with Gasteiger partial charge in [0.05, 0.1) is 21.8 Å². The standard InChI is InChI=1S/C17H15ClN2O3S/c1-3-11-8-15(20-14-7-5-4-6-12(14)10-19)16(24(2,22)23)9-13(11)17(18)21/h4-9,20H,3H2,1-2H3. The second-order valence-electron chi connectivity index (χ2n) is 5.19. The van der Waals surface area contributed by atoms with E-state index in [9.17, 15) is 18.5 Å². The smallest absolute Gasteiger partial charge is 0.252 e. The van der Waals surface area contributed by atoms with E-state index in [4.69, 9.17) is 11.6 Å². The van der Waals surface area contributed by atoms with Gasteiger partial charge in [0.15, 0.2) is 9.84 Å². The molecule has 0 radical (unpaired) electrons. The van der Waals surface area contributed by atoms with Gasteiger partial charge in [-0.15, -0.1) is 0 Å². The highest BCUT2D eigenvalue weighted by molar-refractivity contribution is 7.90. The summed E-state index contributed by atoms with van der Waals surface area (Å²) in [7, 11) is -3.61. The molecule has 24 heavy (non-hydrogen) atoms. The van der Waals surface area contributed by atoms with Crippen molar-refractivity contribution < 1.29 is 13.2 Å². The third kappa shape index (κ3) is 3.75. The molecule has 0 fully saturated rings. The van der Waals surface area contributed by atoms with Crippen LogP contribution in [0.3, 0.4) is 0 Å². The summed E-state index contributed by atoms with van der Waals surface area (Å²) in [6.07, 6.45) is 1.56. The van der Waals surface area contributed by atoms with E-state index in [0.717, 1.165) is 6.26 Å². The van der Waals surface area contributed by atoms with E-state index >= 15 is 0 Å². The van der Waals surface area contributed by atoms with E-state index in [-0.39, 0.29) is 10.5 Å². The van der Waals surface area contributed by atoms with E-state index < -0.39 is 15.1 Å². The second kappa shape index (κ2) is 7.04. The lowest BCUT2D eigenvalue weighted by molar-refractivity contribution is 0.108. The van der Waals surface area contributed by atoms with Crippen molar-refractivity contribution in [3.63, 3.8) is 0 Å². The number of sulfone groups is 1. The van der Waals surface area contributed by atoms with Crippen LogP contribution < -0.4 is 5.32 Å². The topological polar surface area (TPSA) is 87.0 Å². The number of nitriles is 1. The van der Waals surface area contributed by atoms with E-state index in [2.05, 4.69) is 5.32 Å². The average molecular weight is 363 g/mol. The number of para-hydroxylation sites is 1. The maximum atomic E-state index is 12.1. The summed E-state index contributed by atoms with van der Waals surface area (Å²) < 4.78 is 24.2. The Morgan fingerprint density at radius 2 is 1.92 bits per heavy atom. The Kier molecular flexibility index (Phi) is 5.27. The minimum Gasteiger partial charge on any atom is -0.353 e. The van der Waals surface area contributed by atoms with Gasteiger partial charge >= 0.3 is 0 Å². The van der Waals surface area contributed by atoms with E-state index in [1.165, 1.54) is 6.07 Å². The van der Waals surface area contributed by atoms with Gasteiger partial charge in [0.2, 0.25) is 0 Å². The third-order valence-electron chi connectivity index (χ3n) is 3.51. The monoisotopic (exact) mass is 362 g/mol. The maximum Gasteiger partial charge on any atom is 0.252 e. The highest BCUT2D eigenvalue weighted by Crippen LogP contribution is 2.31. The first-order valence-corrected chi connectivity index (χ1v) is 9.37. The van der Waals surface area contributed by atoms with Gasteiger partial charge in [-0.25, -0.2) is 8.42 Å². The number of benzene rings is 2. The molecule has 1 N–H and O–H groups in total. The highest BCUT2D eigenvalue weighted by Gasteiger charge is 2.20. The molecular weight excluding hydrogens is 348 g/mol. The number of hydrogen-bond acceptors (Lipinski definition) is 5. The molecule has 0 aliphatic heterocycles. The van der Waals surface area contributed by atoms with Crippen molar-refractivity contribution in [2.75, 3.05) is 11.6 Å². The summed E-state index contributed by atoms with van der Waals surface area (Å²) in [5.74, 6) is 0. The molecule has 0 unspecified atom stereocenters. The molecule has 124 valence electrons. The van der Waals surface area contributed by atoms with Gasteiger partial charge in [-0.05, 0) is 47.9 Å². The molecule has 0 aliphatic carbocycles. The molecule has 2 rings (SSSR count). The lowest BCUT2D eigenvalue weighted by atomic mass is 10.0. The van der Waals surface area contributed by atoms with Gasteiger partial charge in [0.25, 0.3) is 5.24 Å². The van der Waals surface area contributed by atoms with E-state index in [1.54, 1.807) is 30.3 Å². The van der Waals surface area contributed by atoms with Crippen LogP contribution in [0, 0.1) is 11.3 Å². The zero-order valence-corrected chi connectivity index (χ0v) is 14.7. The zero-order chi connectivity index (χ0) is 17.9. The quantitative estimate of drug-likeness (QED) is 0.820. The van der Waals surface area contributed by atoms with Gasteiger partial charge in [0, 0.05) is 11.8 Å². The van der Waals surface area contributed by atoms with Crippen LogP contribution in [0.25, 0.3) is 0 Å². The fourth-order valence-electron chi connectivity index (χ4n) is 2.34. The van der Waals surface area contributed by atoms with Crippen molar-refractivity contribution >= 4 is 38.1 Å². The van der Waals surface area contributed by atoms with Crippen LogP contribution in [0.2, 0.25) is 0 Å². The molecule has 0 aromatic heterocycles. The number of halogens is 1. The highest BCUT2D eigenvalue weighted by atomic mass is 35.5. The molecule has 0 bridgehead atoms. The predicted molar refractivity (Wildman–Crippen MR) is 93.6 cm³/mol. The van der Waals surface area contributed by atoms with Crippen molar-refractivity contribution in [2.24, 2.45) is 0 Å². The van der Waals surface area contributed by atoms with Crippen molar-refractivity contribution in [1.29, 1.82) is 5.26 Å². The van der Waals surface area contributed by atoms with Crippen LogP contribution in [0.4, 0.5) is 11.4 Å². The molecule has 7 heteroatoms. The van der Waals surface area contributed by atoms with Gasteiger partial charge in [-0.2, -0.15) is 5.26 Å².